The Kier molecular flexibility index (Phi) is 6.12. The number of rotatable bonds is 2. The number of amides is 2. The summed E-state index contributed by atoms with van der Waals surface area (Å²) in [7, 11) is 1.53. The third kappa shape index (κ3) is 3.84. The van der Waals surface area contributed by atoms with Crippen LogP contribution < -0.4 is 5.32 Å². The van der Waals surface area contributed by atoms with Gasteiger partial charge in [0.15, 0.2) is 0 Å². The summed E-state index contributed by atoms with van der Waals surface area (Å²) in [4.78, 5) is 24.8. The van der Waals surface area contributed by atoms with E-state index in [-0.39, 0.29) is 18.2 Å². The third-order valence-corrected chi connectivity index (χ3v) is 2.87. The van der Waals surface area contributed by atoms with Gasteiger partial charge in [0.2, 0.25) is 11.8 Å². The van der Waals surface area contributed by atoms with E-state index in [0.29, 0.717) is 13.2 Å². The normalized spacial score (nSPS) is 16.9. The molecular weight excluding hydrogens is 244 g/mol. The molecule has 0 saturated carbocycles. The zero-order valence-corrected chi connectivity index (χ0v) is 11.9. The zero-order chi connectivity index (χ0) is 14.3. The van der Waals surface area contributed by atoms with Crippen molar-refractivity contribution in [3.63, 3.8) is 0 Å². The second kappa shape index (κ2) is 7.61. The molecule has 0 atom stereocenters. The van der Waals surface area contributed by atoms with Crippen molar-refractivity contribution < 1.29 is 14.3 Å². The highest BCUT2D eigenvalue weighted by atomic mass is 16.5. The van der Waals surface area contributed by atoms with Gasteiger partial charge in [0.05, 0.1) is 12.2 Å². The van der Waals surface area contributed by atoms with E-state index in [1.54, 1.807) is 4.90 Å². The number of carbonyl (C=O) groups excluding carboxylic acids is 2. The maximum Gasteiger partial charge on any atom is 0.236 e. The van der Waals surface area contributed by atoms with Crippen molar-refractivity contribution in [2.24, 2.45) is 0 Å². The molecule has 19 heavy (non-hydrogen) atoms. The molecule has 0 aromatic rings. The first kappa shape index (κ1) is 15.3. The molecule has 0 bridgehead atoms. The van der Waals surface area contributed by atoms with Gasteiger partial charge >= 0.3 is 0 Å². The molecule has 1 aliphatic heterocycles. The first-order valence-corrected chi connectivity index (χ1v) is 6.76. The molecule has 2 rings (SSSR count). The van der Waals surface area contributed by atoms with Gasteiger partial charge in [0.1, 0.15) is 18.8 Å². The summed E-state index contributed by atoms with van der Waals surface area (Å²) in [6, 6.07) is 0. The Morgan fingerprint density at radius 2 is 2.16 bits per heavy atom. The minimum absolute atomic E-state index is 0.110. The molecule has 0 saturated heterocycles. The molecule has 0 radical (unpaired) electrons. The predicted octanol–water partition coefficient (Wildman–Crippen LogP) is 1.57. The fourth-order valence-corrected chi connectivity index (χ4v) is 1.98. The highest BCUT2D eigenvalue weighted by Crippen LogP contribution is 2.26. The lowest BCUT2D eigenvalue weighted by Gasteiger charge is -2.32. The van der Waals surface area contributed by atoms with Gasteiger partial charge in [-0.05, 0) is 12.5 Å². The maximum absolute atomic E-state index is 12.0. The lowest BCUT2D eigenvalue weighted by atomic mass is 10.1. The van der Waals surface area contributed by atoms with E-state index in [0.717, 1.165) is 24.3 Å². The predicted molar refractivity (Wildman–Crippen MR) is 73.1 cm³/mol. The van der Waals surface area contributed by atoms with E-state index in [4.69, 9.17) is 4.74 Å². The van der Waals surface area contributed by atoms with Crippen LogP contribution >= 0.6 is 0 Å². The fourth-order valence-electron chi connectivity index (χ4n) is 1.98. The topological polar surface area (TPSA) is 58.6 Å². The molecule has 0 spiro atoms. The van der Waals surface area contributed by atoms with Crippen LogP contribution in [0.5, 0.6) is 0 Å². The summed E-state index contributed by atoms with van der Waals surface area (Å²) in [5.41, 5.74) is 0.816. The van der Waals surface area contributed by atoms with E-state index in [2.05, 4.69) is 5.32 Å². The van der Waals surface area contributed by atoms with Gasteiger partial charge in [-0.15, -0.1) is 0 Å². The Morgan fingerprint density at radius 3 is 2.84 bits per heavy atom. The first-order chi connectivity index (χ1) is 9.22. The molecule has 106 valence electrons. The Labute approximate surface area is 114 Å². The van der Waals surface area contributed by atoms with Crippen LogP contribution in [-0.2, 0) is 14.3 Å². The van der Waals surface area contributed by atoms with Crippen molar-refractivity contribution in [3.05, 3.63) is 23.6 Å². The Hall–Kier alpha value is -1.78. The first-order valence-electron chi connectivity index (χ1n) is 6.76. The smallest absolute Gasteiger partial charge is 0.236 e. The number of ether oxygens (including phenoxy) is 1. The van der Waals surface area contributed by atoms with Crippen LogP contribution in [0.3, 0.4) is 0 Å². The van der Waals surface area contributed by atoms with Crippen LogP contribution in [-0.4, -0.2) is 36.9 Å². The van der Waals surface area contributed by atoms with E-state index in [1.807, 2.05) is 26.0 Å². The van der Waals surface area contributed by atoms with E-state index >= 15 is 0 Å². The van der Waals surface area contributed by atoms with Crippen molar-refractivity contribution in [3.8, 4) is 0 Å². The molecular formula is C14H22N2O3. The van der Waals surface area contributed by atoms with Gasteiger partial charge < -0.3 is 15.0 Å². The summed E-state index contributed by atoms with van der Waals surface area (Å²) in [5.74, 6) is 0.430. The minimum atomic E-state index is -0.261. The van der Waals surface area contributed by atoms with Gasteiger partial charge in [-0.2, -0.15) is 0 Å². The second-order valence-electron chi connectivity index (χ2n) is 3.99. The van der Waals surface area contributed by atoms with Crippen LogP contribution in [0.2, 0.25) is 0 Å². The van der Waals surface area contributed by atoms with Crippen LogP contribution in [0.1, 0.15) is 33.1 Å². The number of nitrogens with one attached hydrogen (secondary N) is 1. The SMILES string of the molecule is CC.CNC(=O)CC(=O)N1CCOC2=C1C=CCC2. The van der Waals surface area contributed by atoms with Crippen molar-refractivity contribution in [2.45, 2.75) is 33.1 Å². The van der Waals surface area contributed by atoms with Crippen LogP contribution in [0.25, 0.3) is 0 Å². The molecule has 1 N–H and O–H groups in total. The summed E-state index contributed by atoms with van der Waals surface area (Å²) < 4.78 is 5.53. The average Bonchev–Trinajstić information content (AvgIpc) is 2.48. The van der Waals surface area contributed by atoms with Gasteiger partial charge in [-0.3, -0.25) is 9.59 Å². The third-order valence-electron chi connectivity index (χ3n) is 2.87. The Balaban J connectivity index is 0.000000861. The number of hydrogen-bond acceptors (Lipinski definition) is 3. The van der Waals surface area contributed by atoms with Crippen molar-refractivity contribution in [2.75, 3.05) is 20.2 Å². The summed E-state index contributed by atoms with van der Waals surface area (Å²) in [6.45, 7) is 5.02. The molecule has 5 heteroatoms. The standard InChI is InChI=1S/C12H16N2O3.C2H6/c1-13-11(15)8-12(16)14-6-7-17-10-5-3-2-4-9(10)14;1-2/h2,4H,3,5-8H2,1H3,(H,13,15);1-2H3. The average molecular weight is 266 g/mol. The molecule has 5 nitrogen and oxygen atoms in total. The molecule has 0 unspecified atom stereocenters. The number of nitrogens with zero attached hydrogens (tertiary/aromatic N) is 1. The molecule has 0 aromatic heterocycles. The molecule has 1 aliphatic carbocycles. The monoisotopic (exact) mass is 266 g/mol. The minimum Gasteiger partial charge on any atom is -0.494 e. The van der Waals surface area contributed by atoms with Gasteiger partial charge in [0, 0.05) is 13.5 Å². The maximum atomic E-state index is 12.0. The molecule has 2 aliphatic rings. The van der Waals surface area contributed by atoms with E-state index in [1.165, 1.54) is 7.05 Å². The van der Waals surface area contributed by atoms with Crippen LogP contribution in [0.15, 0.2) is 23.6 Å². The van der Waals surface area contributed by atoms with Crippen LogP contribution in [0, 0.1) is 0 Å². The molecule has 0 fully saturated rings. The van der Waals surface area contributed by atoms with Crippen molar-refractivity contribution in [1.29, 1.82) is 0 Å². The van der Waals surface area contributed by atoms with Crippen LogP contribution in [0.4, 0.5) is 0 Å². The number of carbonyl (C=O) groups is 2. The quantitative estimate of drug-likeness (QED) is 0.772. The van der Waals surface area contributed by atoms with E-state index in [9.17, 15) is 9.59 Å². The zero-order valence-electron chi connectivity index (χ0n) is 11.9. The Morgan fingerprint density at radius 1 is 1.42 bits per heavy atom. The Bertz CT molecular complexity index is 399. The summed E-state index contributed by atoms with van der Waals surface area (Å²) in [6.07, 6.45) is 5.58. The van der Waals surface area contributed by atoms with Gasteiger partial charge in [-0.25, -0.2) is 0 Å². The van der Waals surface area contributed by atoms with Gasteiger partial charge in [-0.1, -0.05) is 19.9 Å². The molecule has 2 amide bonds. The highest BCUT2D eigenvalue weighted by molar-refractivity contribution is 5.97. The van der Waals surface area contributed by atoms with E-state index < -0.39 is 0 Å². The van der Waals surface area contributed by atoms with Crippen molar-refractivity contribution >= 4 is 11.8 Å². The second-order valence-corrected chi connectivity index (χ2v) is 3.99. The molecule has 1 heterocycles. The summed E-state index contributed by atoms with van der Waals surface area (Å²) >= 11 is 0. The fraction of sp³-hybridized carbons (Fsp3) is 0.571. The highest BCUT2D eigenvalue weighted by Gasteiger charge is 2.26. The lowest BCUT2D eigenvalue weighted by Crippen LogP contribution is -2.39. The number of allylic oxidation sites excluding steroid dienone is 3. The molecule has 0 aromatic carbocycles. The van der Waals surface area contributed by atoms with Gasteiger partial charge in [0.25, 0.3) is 0 Å². The summed E-state index contributed by atoms with van der Waals surface area (Å²) in [5, 5.41) is 2.46. The largest absolute Gasteiger partial charge is 0.494 e. The van der Waals surface area contributed by atoms with Crippen molar-refractivity contribution in [1.82, 2.24) is 10.2 Å². The lowest BCUT2D eigenvalue weighted by molar-refractivity contribution is -0.135. The number of hydrogen-bond donors (Lipinski definition) is 1.